The summed E-state index contributed by atoms with van der Waals surface area (Å²) in [7, 11) is 0. The molecule has 2 aromatic heterocycles. The summed E-state index contributed by atoms with van der Waals surface area (Å²) < 4.78 is 0. The zero-order valence-corrected chi connectivity index (χ0v) is 9.97. The molecule has 0 aliphatic rings. The molecular formula is C13H15N3O. The molecule has 0 fully saturated rings. The fourth-order valence-corrected chi connectivity index (χ4v) is 1.58. The van der Waals surface area contributed by atoms with E-state index in [1.165, 1.54) is 0 Å². The van der Waals surface area contributed by atoms with Crippen LogP contribution >= 0.6 is 0 Å². The van der Waals surface area contributed by atoms with Crippen LogP contribution < -0.4 is 5.56 Å². The molecule has 17 heavy (non-hydrogen) atoms. The van der Waals surface area contributed by atoms with Gasteiger partial charge in [0, 0.05) is 24.4 Å². The SMILES string of the molecule is CC(C)c1cc(=O)[nH]c(Cc2ccccn2)n1. The van der Waals surface area contributed by atoms with Gasteiger partial charge in [0.05, 0.1) is 5.69 Å². The molecule has 0 aliphatic heterocycles. The number of hydrogen-bond donors (Lipinski definition) is 1. The van der Waals surface area contributed by atoms with Gasteiger partial charge in [-0.15, -0.1) is 0 Å². The highest BCUT2D eigenvalue weighted by Gasteiger charge is 2.06. The average molecular weight is 229 g/mol. The second-order valence-corrected chi connectivity index (χ2v) is 4.27. The van der Waals surface area contributed by atoms with Gasteiger partial charge in [0.25, 0.3) is 5.56 Å². The lowest BCUT2D eigenvalue weighted by atomic mass is 10.1. The largest absolute Gasteiger partial charge is 0.310 e. The maximum atomic E-state index is 11.5. The molecule has 0 unspecified atom stereocenters. The Morgan fingerprint density at radius 1 is 1.35 bits per heavy atom. The summed E-state index contributed by atoms with van der Waals surface area (Å²) in [6, 6.07) is 7.26. The molecule has 4 heteroatoms. The third kappa shape index (κ3) is 3.00. The Hall–Kier alpha value is -1.97. The average Bonchev–Trinajstić information content (AvgIpc) is 2.29. The number of rotatable bonds is 3. The van der Waals surface area contributed by atoms with E-state index in [4.69, 9.17) is 0 Å². The Kier molecular flexibility index (Phi) is 3.32. The molecule has 0 aliphatic carbocycles. The normalized spacial score (nSPS) is 10.8. The van der Waals surface area contributed by atoms with Gasteiger partial charge in [0.15, 0.2) is 0 Å². The third-order valence-corrected chi connectivity index (χ3v) is 2.48. The van der Waals surface area contributed by atoms with Gasteiger partial charge in [-0.25, -0.2) is 4.98 Å². The zero-order valence-electron chi connectivity index (χ0n) is 9.97. The van der Waals surface area contributed by atoms with Gasteiger partial charge < -0.3 is 4.98 Å². The first-order chi connectivity index (χ1) is 8.15. The monoisotopic (exact) mass is 229 g/mol. The van der Waals surface area contributed by atoms with E-state index in [0.29, 0.717) is 12.2 Å². The molecule has 0 radical (unpaired) electrons. The van der Waals surface area contributed by atoms with Crippen molar-refractivity contribution in [3.63, 3.8) is 0 Å². The highest BCUT2D eigenvalue weighted by Crippen LogP contribution is 2.09. The number of nitrogens with zero attached hydrogens (tertiary/aromatic N) is 2. The van der Waals surface area contributed by atoms with Crippen LogP contribution in [0, 0.1) is 0 Å². The Labute approximate surface area is 99.8 Å². The molecule has 0 saturated carbocycles. The van der Waals surface area contributed by atoms with Crippen LogP contribution in [0.5, 0.6) is 0 Å². The van der Waals surface area contributed by atoms with Gasteiger partial charge in [-0.05, 0) is 18.1 Å². The van der Waals surface area contributed by atoms with Crippen LogP contribution in [0.15, 0.2) is 35.3 Å². The van der Waals surface area contributed by atoms with Crippen LogP contribution in [0.2, 0.25) is 0 Å². The van der Waals surface area contributed by atoms with Crippen molar-refractivity contribution < 1.29 is 0 Å². The van der Waals surface area contributed by atoms with Crippen LogP contribution in [0.1, 0.15) is 37.0 Å². The second-order valence-electron chi connectivity index (χ2n) is 4.27. The van der Waals surface area contributed by atoms with Crippen molar-refractivity contribution in [2.24, 2.45) is 0 Å². The molecule has 2 aromatic rings. The number of hydrogen-bond acceptors (Lipinski definition) is 3. The van der Waals surface area contributed by atoms with E-state index in [9.17, 15) is 4.79 Å². The van der Waals surface area contributed by atoms with Crippen molar-refractivity contribution in [2.45, 2.75) is 26.2 Å². The highest BCUT2D eigenvalue weighted by molar-refractivity contribution is 5.13. The van der Waals surface area contributed by atoms with Crippen molar-refractivity contribution >= 4 is 0 Å². The lowest BCUT2D eigenvalue weighted by Crippen LogP contribution is -2.14. The lowest BCUT2D eigenvalue weighted by molar-refractivity contribution is 0.781. The molecule has 0 aromatic carbocycles. The molecule has 1 N–H and O–H groups in total. The van der Waals surface area contributed by atoms with Crippen LogP contribution in [-0.4, -0.2) is 15.0 Å². The van der Waals surface area contributed by atoms with Crippen LogP contribution in [-0.2, 0) is 6.42 Å². The maximum Gasteiger partial charge on any atom is 0.251 e. The van der Waals surface area contributed by atoms with Crippen molar-refractivity contribution in [1.29, 1.82) is 0 Å². The van der Waals surface area contributed by atoms with Gasteiger partial charge >= 0.3 is 0 Å². The van der Waals surface area contributed by atoms with Crippen molar-refractivity contribution in [3.8, 4) is 0 Å². The van der Waals surface area contributed by atoms with E-state index in [1.807, 2.05) is 32.0 Å². The Bertz CT molecular complexity index is 546. The summed E-state index contributed by atoms with van der Waals surface area (Å²) in [6.07, 6.45) is 2.29. The van der Waals surface area contributed by atoms with E-state index < -0.39 is 0 Å². The van der Waals surface area contributed by atoms with E-state index in [-0.39, 0.29) is 11.5 Å². The van der Waals surface area contributed by atoms with E-state index in [1.54, 1.807) is 12.3 Å². The molecule has 4 nitrogen and oxygen atoms in total. The molecule has 88 valence electrons. The van der Waals surface area contributed by atoms with E-state index >= 15 is 0 Å². The first-order valence-electron chi connectivity index (χ1n) is 5.65. The molecule has 2 heterocycles. The lowest BCUT2D eigenvalue weighted by Gasteiger charge is -2.06. The van der Waals surface area contributed by atoms with Crippen molar-refractivity contribution in [1.82, 2.24) is 15.0 Å². The first-order valence-corrected chi connectivity index (χ1v) is 5.65. The van der Waals surface area contributed by atoms with Gasteiger partial charge in [-0.2, -0.15) is 0 Å². The van der Waals surface area contributed by atoms with Crippen LogP contribution in [0.4, 0.5) is 0 Å². The smallest absolute Gasteiger partial charge is 0.251 e. The fourth-order valence-electron chi connectivity index (χ4n) is 1.58. The zero-order chi connectivity index (χ0) is 12.3. The van der Waals surface area contributed by atoms with Crippen molar-refractivity contribution in [3.05, 3.63) is 58.0 Å². The summed E-state index contributed by atoms with van der Waals surface area (Å²) in [4.78, 5) is 22.9. The molecule has 0 amide bonds. The summed E-state index contributed by atoms with van der Waals surface area (Å²) >= 11 is 0. The first kappa shape index (κ1) is 11.5. The summed E-state index contributed by atoms with van der Waals surface area (Å²) in [5.41, 5.74) is 1.62. The predicted molar refractivity (Wildman–Crippen MR) is 66.0 cm³/mol. The van der Waals surface area contributed by atoms with E-state index in [0.717, 1.165) is 11.4 Å². The predicted octanol–water partition coefficient (Wildman–Crippen LogP) is 1.88. The van der Waals surface area contributed by atoms with Crippen LogP contribution in [0.3, 0.4) is 0 Å². The summed E-state index contributed by atoms with van der Waals surface area (Å²) in [5, 5.41) is 0. The molecule has 0 spiro atoms. The maximum absolute atomic E-state index is 11.5. The summed E-state index contributed by atoms with van der Waals surface area (Å²) in [5.74, 6) is 0.916. The number of H-pyrrole nitrogens is 1. The minimum atomic E-state index is -0.102. The number of aromatic nitrogens is 3. The molecule has 0 bridgehead atoms. The molecule has 2 rings (SSSR count). The fraction of sp³-hybridized carbons (Fsp3) is 0.308. The molecular weight excluding hydrogens is 214 g/mol. The van der Waals surface area contributed by atoms with Gasteiger partial charge in [-0.1, -0.05) is 19.9 Å². The Balaban J connectivity index is 2.30. The minimum Gasteiger partial charge on any atom is -0.310 e. The van der Waals surface area contributed by atoms with Gasteiger partial charge in [-0.3, -0.25) is 9.78 Å². The molecule has 0 saturated heterocycles. The molecule has 0 atom stereocenters. The van der Waals surface area contributed by atoms with Gasteiger partial charge in [0.2, 0.25) is 0 Å². The summed E-state index contributed by atoms with van der Waals surface area (Å²) in [6.45, 7) is 4.04. The number of nitrogens with one attached hydrogen (secondary N) is 1. The van der Waals surface area contributed by atoms with Crippen LogP contribution in [0.25, 0.3) is 0 Å². The van der Waals surface area contributed by atoms with Gasteiger partial charge in [0.1, 0.15) is 5.82 Å². The Morgan fingerprint density at radius 3 is 2.82 bits per heavy atom. The number of pyridine rings is 1. The minimum absolute atomic E-state index is 0.102. The third-order valence-electron chi connectivity index (χ3n) is 2.48. The van der Waals surface area contributed by atoms with E-state index in [2.05, 4.69) is 15.0 Å². The Morgan fingerprint density at radius 2 is 2.18 bits per heavy atom. The second kappa shape index (κ2) is 4.91. The topological polar surface area (TPSA) is 58.6 Å². The van der Waals surface area contributed by atoms with Crippen molar-refractivity contribution in [2.75, 3.05) is 0 Å². The number of aromatic amines is 1. The quantitative estimate of drug-likeness (QED) is 0.874. The highest BCUT2D eigenvalue weighted by atomic mass is 16.1. The standard InChI is InChI=1S/C13H15N3O/c1-9(2)11-8-13(17)16-12(15-11)7-10-5-3-4-6-14-10/h3-6,8-9H,7H2,1-2H3,(H,15,16,17).